The van der Waals surface area contributed by atoms with E-state index in [1.54, 1.807) is 0 Å². The fraction of sp³-hybridized carbons (Fsp3) is 1.00. The van der Waals surface area contributed by atoms with Crippen molar-refractivity contribution in [3.05, 3.63) is 0 Å². The van der Waals surface area contributed by atoms with Crippen LogP contribution in [-0.4, -0.2) is 18.5 Å². The molecule has 3 saturated carbocycles. The quantitative estimate of drug-likeness (QED) is 0.582. The molecule has 3 rings (SSSR count). The SMILES string of the molecule is CC1CCC(C2CCC(C3CCC(F)CC3)C(F)C2)C(F)C1. The number of hydrogen-bond acceptors (Lipinski definition) is 0. The molecule has 0 spiro atoms. The van der Waals surface area contributed by atoms with Crippen LogP contribution in [-0.2, 0) is 0 Å². The van der Waals surface area contributed by atoms with Gasteiger partial charge in [0, 0.05) is 0 Å². The van der Waals surface area contributed by atoms with E-state index in [0.717, 1.165) is 38.5 Å². The van der Waals surface area contributed by atoms with Gasteiger partial charge in [0.05, 0.1) is 0 Å². The van der Waals surface area contributed by atoms with Crippen molar-refractivity contribution in [2.24, 2.45) is 29.6 Å². The van der Waals surface area contributed by atoms with Gasteiger partial charge >= 0.3 is 0 Å². The lowest BCUT2D eigenvalue weighted by molar-refractivity contribution is 0.00679. The van der Waals surface area contributed by atoms with E-state index >= 15 is 0 Å². The Morgan fingerprint density at radius 1 is 0.591 bits per heavy atom. The summed E-state index contributed by atoms with van der Waals surface area (Å²) in [6.45, 7) is 2.12. The van der Waals surface area contributed by atoms with E-state index in [2.05, 4.69) is 6.92 Å². The van der Waals surface area contributed by atoms with Crippen molar-refractivity contribution < 1.29 is 13.2 Å². The number of hydrogen-bond donors (Lipinski definition) is 0. The molecule has 6 unspecified atom stereocenters. The molecule has 0 nitrogen and oxygen atoms in total. The lowest BCUT2D eigenvalue weighted by atomic mass is 9.64. The topological polar surface area (TPSA) is 0 Å². The van der Waals surface area contributed by atoms with Gasteiger partial charge in [0.25, 0.3) is 0 Å². The highest BCUT2D eigenvalue weighted by atomic mass is 19.1. The van der Waals surface area contributed by atoms with Crippen molar-refractivity contribution >= 4 is 0 Å². The van der Waals surface area contributed by atoms with Crippen molar-refractivity contribution in [1.82, 2.24) is 0 Å². The Labute approximate surface area is 133 Å². The van der Waals surface area contributed by atoms with Gasteiger partial charge in [-0.2, -0.15) is 0 Å². The van der Waals surface area contributed by atoms with E-state index in [1.165, 1.54) is 0 Å². The molecule has 0 saturated heterocycles. The molecule has 3 aliphatic carbocycles. The van der Waals surface area contributed by atoms with Gasteiger partial charge in [-0.25, -0.2) is 13.2 Å². The van der Waals surface area contributed by atoms with Crippen LogP contribution >= 0.6 is 0 Å². The minimum atomic E-state index is -0.786. The second-order valence-corrected chi connectivity index (χ2v) is 8.36. The molecule has 6 atom stereocenters. The first-order valence-electron chi connectivity index (χ1n) is 9.46. The van der Waals surface area contributed by atoms with Crippen LogP contribution in [0.15, 0.2) is 0 Å². The molecule has 0 aromatic heterocycles. The third kappa shape index (κ3) is 3.64. The number of alkyl halides is 3. The van der Waals surface area contributed by atoms with Crippen LogP contribution in [0.4, 0.5) is 13.2 Å². The predicted molar refractivity (Wildman–Crippen MR) is 84.0 cm³/mol. The zero-order chi connectivity index (χ0) is 15.7. The van der Waals surface area contributed by atoms with E-state index in [-0.39, 0.29) is 17.8 Å². The van der Waals surface area contributed by atoms with Crippen LogP contribution < -0.4 is 0 Å². The van der Waals surface area contributed by atoms with Crippen molar-refractivity contribution in [2.45, 2.75) is 89.6 Å². The highest BCUT2D eigenvalue weighted by Crippen LogP contribution is 2.47. The number of halogens is 3. The summed E-state index contributed by atoms with van der Waals surface area (Å²) >= 11 is 0. The second kappa shape index (κ2) is 7.13. The van der Waals surface area contributed by atoms with Crippen LogP contribution in [0.25, 0.3) is 0 Å². The second-order valence-electron chi connectivity index (χ2n) is 8.36. The van der Waals surface area contributed by atoms with Gasteiger partial charge in [0.15, 0.2) is 0 Å². The van der Waals surface area contributed by atoms with Crippen molar-refractivity contribution in [2.75, 3.05) is 0 Å². The molecule has 0 amide bonds. The normalized spacial score (nSPS) is 50.7. The van der Waals surface area contributed by atoms with E-state index in [0.29, 0.717) is 37.5 Å². The minimum absolute atomic E-state index is 0.0944. The van der Waals surface area contributed by atoms with E-state index in [4.69, 9.17) is 0 Å². The highest BCUT2D eigenvalue weighted by Gasteiger charge is 2.42. The van der Waals surface area contributed by atoms with E-state index in [9.17, 15) is 13.2 Å². The van der Waals surface area contributed by atoms with Crippen LogP contribution in [0.2, 0.25) is 0 Å². The van der Waals surface area contributed by atoms with Crippen LogP contribution in [0.1, 0.15) is 71.1 Å². The Morgan fingerprint density at radius 2 is 1.14 bits per heavy atom. The molecule has 22 heavy (non-hydrogen) atoms. The summed E-state index contributed by atoms with van der Waals surface area (Å²) in [5.74, 6) is 1.31. The average Bonchev–Trinajstić information content (AvgIpc) is 2.48. The fourth-order valence-corrected chi connectivity index (χ4v) is 5.46. The smallest absolute Gasteiger partial charge is 0.103 e. The number of rotatable bonds is 2. The molecular weight excluding hydrogens is 285 g/mol. The Morgan fingerprint density at radius 3 is 1.77 bits per heavy atom. The molecule has 3 aliphatic rings. The largest absolute Gasteiger partial charge is 0.247 e. The van der Waals surface area contributed by atoms with E-state index in [1.807, 2.05) is 0 Å². The first-order chi connectivity index (χ1) is 10.5. The fourth-order valence-electron chi connectivity index (χ4n) is 5.46. The first kappa shape index (κ1) is 16.6. The van der Waals surface area contributed by atoms with Crippen LogP contribution in [0, 0.1) is 29.6 Å². The third-order valence-electron chi connectivity index (χ3n) is 6.86. The Bertz CT molecular complexity index is 351. The molecule has 0 N–H and O–H groups in total. The molecule has 3 heteroatoms. The molecule has 3 fully saturated rings. The molecule has 0 bridgehead atoms. The average molecular weight is 316 g/mol. The summed E-state index contributed by atoms with van der Waals surface area (Å²) in [4.78, 5) is 0. The molecule has 0 aromatic rings. The lowest BCUT2D eigenvalue weighted by Gasteiger charge is -2.43. The summed E-state index contributed by atoms with van der Waals surface area (Å²) in [6.07, 6.45) is 5.91. The maximum Gasteiger partial charge on any atom is 0.103 e. The van der Waals surface area contributed by atoms with Crippen molar-refractivity contribution in [1.29, 1.82) is 0 Å². The van der Waals surface area contributed by atoms with E-state index < -0.39 is 18.5 Å². The standard InChI is InChI=1S/C19H31F3/c1-12-2-8-17(18(21)10-12)14-5-9-16(19(22)11-14)13-3-6-15(20)7-4-13/h12-19H,2-11H2,1H3. The monoisotopic (exact) mass is 316 g/mol. The molecular formula is C19H31F3. The van der Waals surface area contributed by atoms with Crippen molar-refractivity contribution in [3.63, 3.8) is 0 Å². The summed E-state index contributed by atoms with van der Waals surface area (Å²) < 4.78 is 42.3. The first-order valence-corrected chi connectivity index (χ1v) is 9.46. The summed E-state index contributed by atoms with van der Waals surface area (Å²) in [7, 11) is 0. The predicted octanol–water partition coefficient (Wildman–Crippen LogP) is 6.04. The third-order valence-corrected chi connectivity index (χ3v) is 6.86. The molecule has 0 aliphatic heterocycles. The molecule has 0 aromatic carbocycles. The molecule has 0 heterocycles. The highest BCUT2D eigenvalue weighted by molar-refractivity contribution is 4.92. The molecule has 128 valence electrons. The summed E-state index contributed by atoms with van der Waals surface area (Å²) in [5.41, 5.74) is 0. The van der Waals surface area contributed by atoms with Gasteiger partial charge in [-0.1, -0.05) is 13.3 Å². The lowest BCUT2D eigenvalue weighted by Crippen LogP contribution is -2.39. The van der Waals surface area contributed by atoms with Crippen LogP contribution in [0.3, 0.4) is 0 Å². The van der Waals surface area contributed by atoms with Gasteiger partial charge in [-0.15, -0.1) is 0 Å². The summed E-state index contributed by atoms with van der Waals surface area (Å²) in [5, 5.41) is 0. The van der Waals surface area contributed by atoms with Crippen molar-refractivity contribution in [3.8, 4) is 0 Å². The molecule has 0 radical (unpaired) electrons. The van der Waals surface area contributed by atoms with Gasteiger partial charge in [-0.3, -0.25) is 0 Å². The van der Waals surface area contributed by atoms with Gasteiger partial charge in [0.1, 0.15) is 18.5 Å². The Kier molecular flexibility index (Phi) is 5.39. The minimum Gasteiger partial charge on any atom is -0.247 e. The zero-order valence-electron chi connectivity index (χ0n) is 13.8. The van der Waals surface area contributed by atoms with Crippen LogP contribution in [0.5, 0.6) is 0 Å². The van der Waals surface area contributed by atoms with Gasteiger partial charge < -0.3 is 0 Å². The summed E-state index contributed by atoms with van der Waals surface area (Å²) in [6, 6.07) is 0. The maximum atomic E-state index is 14.7. The van der Waals surface area contributed by atoms with Gasteiger partial charge in [-0.05, 0) is 87.4 Å². The Balaban J connectivity index is 1.53. The maximum absolute atomic E-state index is 14.7. The van der Waals surface area contributed by atoms with Gasteiger partial charge in [0.2, 0.25) is 0 Å². The Hall–Kier alpha value is -0.210. The zero-order valence-corrected chi connectivity index (χ0v) is 13.8.